The predicted octanol–water partition coefficient (Wildman–Crippen LogP) is -0.559. The summed E-state index contributed by atoms with van der Waals surface area (Å²) >= 11 is 0. The molecule has 3 saturated heterocycles. The van der Waals surface area contributed by atoms with Crippen molar-refractivity contribution in [3.63, 3.8) is 0 Å². The van der Waals surface area contributed by atoms with Crippen LogP contribution in [0.25, 0.3) is 0 Å². The molecule has 0 radical (unpaired) electrons. The second-order valence-corrected chi connectivity index (χ2v) is 7.40. The lowest BCUT2D eigenvalue weighted by Gasteiger charge is -2.23. The summed E-state index contributed by atoms with van der Waals surface area (Å²) in [6.07, 6.45) is 2.33. The van der Waals surface area contributed by atoms with Crippen LogP contribution in [0.4, 0.5) is 0 Å². The van der Waals surface area contributed by atoms with Crippen molar-refractivity contribution in [2.75, 3.05) is 13.2 Å². The van der Waals surface area contributed by atoms with Crippen LogP contribution in [-0.2, 0) is 14.0 Å². The lowest BCUT2D eigenvalue weighted by atomic mass is 10.0. The van der Waals surface area contributed by atoms with E-state index in [1.54, 1.807) is 6.92 Å². The fraction of sp³-hybridized carbons (Fsp3) is 0.667. The summed E-state index contributed by atoms with van der Waals surface area (Å²) in [7, 11) is -0.474. The number of aromatic amines is 1. The van der Waals surface area contributed by atoms with Gasteiger partial charge in [0.15, 0.2) is 0 Å². The Morgan fingerprint density at radius 3 is 3.04 bits per heavy atom. The first-order valence-electron chi connectivity index (χ1n) is 9.63. The van der Waals surface area contributed by atoms with E-state index in [2.05, 4.69) is 21.6 Å². The first kappa shape index (κ1) is 19.4. The van der Waals surface area contributed by atoms with Crippen LogP contribution in [-0.4, -0.2) is 64.2 Å². The van der Waals surface area contributed by atoms with Gasteiger partial charge in [-0.2, -0.15) is 0 Å². The van der Waals surface area contributed by atoms with Crippen molar-refractivity contribution >= 4 is 7.25 Å². The third kappa shape index (κ3) is 3.45. The second kappa shape index (κ2) is 7.85. The number of rotatable bonds is 4. The summed E-state index contributed by atoms with van der Waals surface area (Å²) in [6.45, 7) is 4.33. The van der Waals surface area contributed by atoms with Crippen LogP contribution in [0.5, 0.6) is 0 Å². The monoisotopic (exact) mass is 389 g/mol. The van der Waals surface area contributed by atoms with Crippen LogP contribution in [0.15, 0.2) is 15.8 Å². The normalized spacial score (nSPS) is 32.4. The van der Waals surface area contributed by atoms with E-state index in [0.29, 0.717) is 12.5 Å². The highest BCUT2D eigenvalue weighted by Gasteiger charge is 2.50. The molecule has 3 fully saturated rings. The lowest BCUT2D eigenvalue weighted by molar-refractivity contribution is -0.0464. The van der Waals surface area contributed by atoms with E-state index in [1.165, 1.54) is 10.8 Å². The molecule has 9 nitrogen and oxygen atoms in total. The van der Waals surface area contributed by atoms with E-state index in [4.69, 9.17) is 14.0 Å². The van der Waals surface area contributed by atoms with Gasteiger partial charge in [-0.3, -0.25) is 19.2 Å². The number of hydrogen-bond donors (Lipinski definition) is 2. The summed E-state index contributed by atoms with van der Waals surface area (Å²) in [5.74, 6) is 5.33. The van der Waals surface area contributed by atoms with Gasteiger partial charge in [0.25, 0.3) is 5.56 Å². The predicted molar refractivity (Wildman–Crippen MR) is 100 cm³/mol. The summed E-state index contributed by atoms with van der Waals surface area (Å²) in [5, 5.41) is 9.74. The van der Waals surface area contributed by atoms with E-state index in [0.717, 1.165) is 19.4 Å². The Bertz CT molecular complexity index is 905. The molecule has 0 aliphatic carbocycles. The number of aromatic nitrogens is 2. The molecule has 3 aliphatic heterocycles. The number of aliphatic hydroxyl groups is 1. The molecule has 4 rings (SSSR count). The molecule has 1 aromatic heterocycles. The highest BCUT2D eigenvalue weighted by atomic mass is 16.6. The lowest BCUT2D eigenvalue weighted by Crippen LogP contribution is -2.43. The van der Waals surface area contributed by atoms with Crippen molar-refractivity contribution in [3.8, 4) is 11.8 Å². The molecule has 0 spiro atoms. The Morgan fingerprint density at radius 2 is 2.29 bits per heavy atom. The zero-order valence-corrected chi connectivity index (χ0v) is 16.0. The van der Waals surface area contributed by atoms with E-state index < -0.39 is 36.9 Å². The standard InChI is InChI=1S/C18H24BN3O6/c1-3-5-12-9-21(18(25)20-17(12)24)16-8-14(15(10-23)26-16)28-19-22-7-4-6-13(22)11(2)27-19/h9,11,13-16,23H,4,6-8,10H2,1-2H3,(H,20,24,25)/t11-,13+,14+,15?,16?/m0/s1. The number of nitrogens with zero attached hydrogens (tertiary/aromatic N) is 2. The van der Waals surface area contributed by atoms with Gasteiger partial charge in [0.2, 0.25) is 0 Å². The second-order valence-electron chi connectivity index (χ2n) is 7.40. The Kier molecular flexibility index (Phi) is 5.45. The zero-order valence-electron chi connectivity index (χ0n) is 16.0. The van der Waals surface area contributed by atoms with E-state index in [9.17, 15) is 14.7 Å². The molecular weight excluding hydrogens is 365 g/mol. The van der Waals surface area contributed by atoms with Crippen molar-refractivity contribution in [3.05, 3.63) is 32.6 Å². The van der Waals surface area contributed by atoms with Crippen molar-refractivity contribution in [2.24, 2.45) is 0 Å². The molecule has 2 N–H and O–H groups in total. The largest absolute Gasteiger partial charge is 0.558 e. The fourth-order valence-corrected chi connectivity index (χ4v) is 4.29. The van der Waals surface area contributed by atoms with Crippen LogP contribution >= 0.6 is 0 Å². The molecule has 5 atom stereocenters. The number of nitrogens with one attached hydrogen (secondary N) is 1. The molecule has 1 aromatic rings. The van der Waals surface area contributed by atoms with Crippen molar-refractivity contribution in [1.82, 2.24) is 14.4 Å². The van der Waals surface area contributed by atoms with Crippen molar-refractivity contribution < 1.29 is 19.2 Å². The number of H-pyrrole nitrogens is 1. The van der Waals surface area contributed by atoms with Crippen LogP contribution in [0.1, 0.15) is 44.9 Å². The molecule has 0 aromatic carbocycles. The Hall–Kier alpha value is -1.90. The minimum atomic E-state index is -0.669. The maximum absolute atomic E-state index is 12.3. The van der Waals surface area contributed by atoms with Gasteiger partial charge in [-0.15, -0.1) is 5.92 Å². The highest BCUT2D eigenvalue weighted by Crippen LogP contribution is 2.35. The Morgan fingerprint density at radius 1 is 1.46 bits per heavy atom. The maximum Gasteiger partial charge on any atom is 0.558 e. The van der Waals surface area contributed by atoms with Crippen LogP contribution < -0.4 is 11.2 Å². The number of fused-ring (bicyclic) bond motifs is 1. The van der Waals surface area contributed by atoms with Gasteiger partial charge in [-0.05, 0) is 33.2 Å². The smallest absolute Gasteiger partial charge is 0.394 e. The first-order chi connectivity index (χ1) is 13.5. The number of ether oxygens (including phenoxy) is 1. The van der Waals surface area contributed by atoms with Crippen LogP contribution in [0.2, 0.25) is 0 Å². The fourth-order valence-electron chi connectivity index (χ4n) is 4.29. The van der Waals surface area contributed by atoms with Gasteiger partial charge in [-0.1, -0.05) is 5.92 Å². The van der Waals surface area contributed by atoms with Gasteiger partial charge in [-0.25, -0.2) is 4.79 Å². The van der Waals surface area contributed by atoms with Crippen molar-refractivity contribution in [2.45, 2.75) is 63.7 Å². The summed E-state index contributed by atoms with van der Waals surface area (Å²) in [4.78, 5) is 28.6. The average molecular weight is 389 g/mol. The van der Waals surface area contributed by atoms with Crippen LogP contribution in [0, 0.1) is 11.8 Å². The van der Waals surface area contributed by atoms with E-state index in [-0.39, 0.29) is 18.3 Å². The maximum atomic E-state index is 12.3. The Labute approximate surface area is 162 Å². The average Bonchev–Trinajstić information content (AvgIpc) is 3.36. The van der Waals surface area contributed by atoms with Gasteiger partial charge in [0.05, 0.1) is 18.8 Å². The molecule has 2 unspecified atom stereocenters. The van der Waals surface area contributed by atoms with Gasteiger partial charge in [0.1, 0.15) is 17.9 Å². The zero-order chi connectivity index (χ0) is 19.8. The molecule has 3 aliphatic rings. The first-order valence-corrected chi connectivity index (χ1v) is 9.63. The topological polar surface area (TPSA) is 106 Å². The summed E-state index contributed by atoms with van der Waals surface area (Å²) in [5.41, 5.74) is -0.934. The minimum absolute atomic E-state index is 0.0928. The third-order valence-corrected chi connectivity index (χ3v) is 5.68. The molecule has 0 saturated carbocycles. The SMILES string of the molecule is CC#Cc1cn(C2C[C@@H](OB3O[C@@H](C)[C@H]4CCCN34)C(CO)O2)c(=O)[nH]c1=O. The summed E-state index contributed by atoms with van der Waals surface area (Å²) < 4.78 is 19.3. The molecule has 0 bridgehead atoms. The molecule has 10 heteroatoms. The number of hydrogen-bond acceptors (Lipinski definition) is 7. The minimum Gasteiger partial charge on any atom is -0.394 e. The van der Waals surface area contributed by atoms with Gasteiger partial charge < -0.3 is 19.2 Å². The van der Waals surface area contributed by atoms with E-state index in [1.807, 2.05) is 6.92 Å². The third-order valence-electron chi connectivity index (χ3n) is 5.68. The molecular formula is C18H24BN3O6. The summed E-state index contributed by atoms with van der Waals surface area (Å²) in [6, 6.07) is 0.354. The number of aliphatic hydroxyl groups excluding tert-OH is 1. The Balaban J connectivity index is 1.53. The molecule has 0 amide bonds. The highest BCUT2D eigenvalue weighted by molar-refractivity contribution is 6.42. The quantitative estimate of drug-likeness (QED) is 0.525. The van der Waals surface area contributed by atoms with Crippen molar-refractivity contribution in [1.29, 1.82) is 0 Å². The molecule has 150 valence electrons. The van der Waals surface area contributed by atoms with Gasteiger partial charge >= 0.3 is 12.9 Å². The van der Waals surface area contributed by atoms with E-state index >= 15 is 0 Å². The van der Waals surface area contributed by atoms with Gasteiger partial charge in [0, 0.05) is 18.7 Å². The molecule has 4 heterocycles. The van der Waals surface area contributed by atoms with Crippen LogP contribution in [0.3, 0.4) is 0 Å². The molecule has 28 heavy (non-hydrogen) atoms.